The van der Waals surface area contributed by atoms with E-state index in [9.17, 15) is 4.79 Å². The number of hydrogen-bond acceptors (Lipinski definition) is 3. The molecule has 0 heterocycles. The van der Waals surface area contributed by atoms with Crippen molar-refractivity contribution in [2.24, 2.45) is 0 Å². The summed E-state index contributed by atoms with van der Waals surface area (Å²) in [6.07, 6.45) is 1.02. The molecular weight excluding hydrogens is 190 g/mol. The molecule has 0 aromatic rings. The summed E-state index contributed by atoms with van der Waals surface area (Å²) in [5.41, 5.74) is 0. The number of rotatable bonds is 7. The number of likely N-dealkylation sites (N-methyl/N-ethyl adjacent to an activating group) is 2. The van der Waals surface area contributed by atoms with Gasteiger partial charge >= 0.3 is 0 Å². The molecule has 0 aromatic carbocycles. The molecule has 4 heteroatoms. The molecule has 0 radical (unpaired) electrons. The molecule has 0 saturated heterocycles. The van der Waals surface area contributed by atoms with Crippen LogP contribution in [0.25, 0.3) is 0 Å². The maximum atomic E-state index is 11.0. The van der Waals surface area contributed by atoms with Crippen molar-refractivity contribution < 1.29 is 4.79 Å². The maximum absolute atomic E-state index is 11.0. The van der Waals surface area contributed by atoms with Gasteiger partial charge in [-0.05, 0) is 27.4 Å². The van der Waals surface area contributed by atoms with E-state index in [4.69, 9.17) is 0 Å². The number of nitrogens with zero attached hydrogens (tertiary/aromatic N) is 2. The molecule has 0 saturated carbocycles. The van der Waals surface area contributed by atoms with Crippen molar-refractivity contribution in [3.63, 3.8) is 0 Å². The predicted octanol–water partition coefficient (Wildman–Crippen LogP) is 0.394. The van der Waals surface area contributed by atoms with Crippen LogP contribution in [0, 0.1) is 0 Å². The highest BCUT2D eigenvalue weighted by atomic mass is 16.2. The number of amides is 1. The number of carbonyl (C=O) groups excluding carboxylic acids is 1. The van der Waals surface area contributed by atoms with E-state index in [1.54, 1.807) is 11.8 Å². The second-order valence-corrected chi connectivity index (χ2v) is 4.16. The lowest BCUT2D eigenvalue weighted by Crippen LogP contribution is -2.37. The van der Waals surface area contributed by atoms with Gasteiger partial charge in [-0.2, -0.15) is 0 Å². The fourth-order valence-corrected chi connectivity index (χ4v) is 1.27. The maximum Gasteiger partial charge on any atom is 0.219 e. The average molecular weight is 215 g/mol. The Kier molecular flexibility index (Phi) is 7.34. The molecule has 0 aliphatic carbocycles. The summed E-state index contributed by atoms with van der Waals surface area (Å²) >= 11 is 0. The first-order valence-corrected chi connectivity index (χ1v) is 5.55. The summed E-state index contributed by atoms with van der Waals surface area (Å²) in [6, 6.07) is 0.514. The van der Waals surface area contributed by atoms with Gasteiger partial charge in [0, 0.05) is 39.6 Å². The minimum Gasteiger partial charge on any atom is -0.346 e. The molecule has 1 amide bonds. The van der Waals surface area contributed by atoms with E-state index in [0.717, 1.165) is 26.1 Å². The Labute approximate surface area is 93.6 Å². The molecule has 15 heavy (non-hydrogen) atoms. The van der Waals surface area contributed by atoms with Crippen molar-refractivity contribution in [3.05, 3.63) is 0 Å². The second kappa shape index (κ2) is 7.65. The van der Waals surface area contributed by atoms with Gasteiger partial charge in [0.1, 0.15) is 0 Å². The number of hydrogen-bond donors (Lipinski definition) is 1. The first-order valence-electron chi connectivity index (χ1n) is 5.55. The molecule has 4 nitrogen and oxygen atoms in total. The van der Waals surface area contributed by atoms with E-state index >= 15 is 0 Å². The topological polar surface area (TPSA) is 35.6 Å². The van der Waals surface area contributed by atoms with Crippen LogP contribution in [0.4, 0.5) is 0 Å². The summed E-state index contributed by atoms with van der Waals surface area (Å²) in [4.78, 5) is 15.1. The van der Waals surface area contributed by atoms with Crippen LogP contribution < -0.4 is 5.32 Å². The zero-order chi connectivity index (χ0) is 11.8. The Bertz CT molecular complexity index is 185. The van der Waals surface area contributed by atoms with Gasteiger partial charge in [-0.25, -0.2) is 0 Å². The Morgan fingerprint density at radius 2 is 1.93 bits per heavy atom. The van der Waals surface area contributed by atoms with E-state index in [-0.39, 0.29) is 5.91 Å². The molecule has 1 unspecified atom stereocenters. The lowest BCUT2D eigenvalue weighted by molar-refractivity contribution is -0.127. The molecule has 1 atom stereocenters. The lowest BCUT2D eigenvalue weighted by Gasteiger charge is -2.26. The molecule has 0 rings (SSSR count). The van der Waals surface area contributed by atoms with Gasteiger partial charge in [-0.3, -0.25) is 4.79 Å². The number of carbonyl (C=O) groups is 1. The quantitative estimate of drug-likeness (QED) is 0.667. The van der Waals surface area contributed by atoms with E-state index in [0.29, 0.717) is 6.04 Å². The largest absolute Gasteiger partial charge is 0.346 e. The van der Waals surface area contributed by atoms with Crippen LogP contribution in [-0.4, -0.2) is 62.5 Å². The molecule has 0 bridgehead atoms. The van der Waals surface area contributed by atoms with Crippen molar-refractivity contribution >= 4 is 5.91 Å². The molecular formula is C11H25N3O. The van der Waals surface area contributed by atoms with Crippen LogP contribution in [0.5, 0.6) is 0 Å². The molecule has 90 valence electrons. The fourth-order valence-electron chi connectivity index (χ4n) is 1.27. The Balaban J connectivity index is 3.72. The second-order valence-electron chi connectivity index (χ2n) is 4.16. The molecule has 0 fully saturated rings. The summed E-state index contributed by atoms with van der Waals surface area (Å²) in [7, 11) is 5.93. The van der Waals surface area contributed by atoms with Gasteiger partial charge < -0.3 is 15.1 Å². The zero-order valence-electron chi connectivity index (χ0n) is 10.7. The zero-order valence-corrected chi connectivity index (χ0v) is 10.7. The van der Waals surface area contributed by atoms with Crippen LogP contribution in [-0.2, 0) is 4.79 Å². The third-order valence-electron chi connectivity index (χ3n) is 2.89. The smallest absolute Gasteiger partial charge is 0.219 e. The van der Waals surface area contributed by atoms with Gasteiger partial charge in [-0.1, -0.05) is 0 Å². The standard InChI is InChI=1S/C11H25N3O/c1-10(13(4)9-7-12-3)6-8-14(5)11(2)15/h10,12H,6-9H2,1-5H3. The highest BCUT2D eigenvalue weighted by molar-refractivity contribution is 5.72. The van der Waals surface area contributed by atoms with Crippen LogP contribution in [0.15, 0.2) is 0 Å². The third kappa shape index (κ3) is 6.47. The molecule has 1 N–H and O–H groups in total. The van der Waals surface area contributed by atoms with Crippen molar-refractivity contribution in [3.8, 4) is 0 Å². The molecule has 0 aliphatic rings. The van der Waals surface area contributed by atoms with Gasteiger partial charge in [0.05, 0.1) is 0 Å². The highest BCUT2D eigenvalue weighted by Gasteiger charge is 2.10. The van der Waals surface area contributed by atoms with Crippen LogP contribution in [0.2, 0.25) is 0 Å². The summed E-state index contributed by atoms with van der Waals surface area (Å²) < 4.78 is 0. The Morgan fingerprint density at radius 3 is 2.40 bits per heavy atom. The van der Waals surface area contributed by atoms with Gasteiger partial charge in [0.15, 0.2) is 0 Å². The fraction of sp³-hybridized carbons (Fsp3) is 0.909. The van der Waals surface area contributed by atoms with Gasteiger partial charge in [-0.15, -0.1) is 0 Å². The summed E-state index contributed by atoms with van der Waals surface area (Å²) in [5, 5.41) is 3.13. The Hall–Kier alpha value is -0.610. The van der Waals surface area contributed by atoms with E-state index in [1.807, 2.05) is 14.1 Å². The van der Waals surface area contributed by atoms with Gasteiger partial charge in [0.25, 0.3) is 0 Å². The first kappa shape index (κ1) is 14.4. The summed E-state index contributed by atoms with van der Waals surface area (Å²) in [6.45, 7) is 6.68. The third-order valence-corrected chi connectivity index (χ3v) is 2.89. The van der Waals surface area contributed by atoms with E-state index in [1.165, 1.54) is 0 Å². The minimum atomic E-state index is 0.139. The van der Waals surface area contributed by atoms with Crippen molar-refractivity contribution in [2.45, 2.75) is 26.3 Å². The predicted molar refractivity (Wildman–Crippen MR) is 63.9 cm³/mol. The van der Waals surface area contributed by atoms with E-state index < -0.39 is 0 Å². The molecule has 0 spiro atoms. The lowest BCUT2D eigenvalue weighted by atomic mass is 10.2. The average Bonchev–Trinajstić information content (AvgIpc) is 2.21. The normalized spacial score (nSPS) is 12.9. The van der Waals surface area contributed by atoms with Crippen molar-refractivity contribution in [1.82, 2.24) is 15.1 Å². The van der Waals surface area contributed by atoms with Crippen molar-refractivity contribution in [2.75, 3.05) is 40.8 Å². The molecule has 0 aliphatic heterocycles. The monoisotopic (exact) mass is 215 g/mol. The van der Waals surface area contributed by atoms with E-state index in [2.05, 4.69) is 24.2 Å². The highest BCUT2D eigenvalue weighted by Crippen LogP contribution is 2.01. The minimum absolute atomic E-state index is 0.139. The van der Waals surface area contributed by atoms with Gasteiger partial charge in [0.2, 0.25) is 5.91 Å². The summed E-state index contributed by atoms with van der Waals surface area (Å²) in [5.74, 6) is 0.139. The Morgan fingerprint density at radius 1 is 1.33 bits per heavy atom. The van der Waals surface area contributed by atoms with Crippen LogP contribution in [0.3, 0.4) is 0 Å². The number of nitrogens with one attached hydrogen (secondary N) is 1. The van der Waals surface area contributed by atoms with Crippen LogP contribution in [0.1, 0.15) is 20.3 Å². The van der Waals surface area contributed by atoms with Crippen LogP contribution >= 0.6 is 0 Å². The molecule has 0 aromatic heterocycles. The van der Waals surface area contributed by atoms with Crippen molar-refractivity contribution in [1.29, 1.82) is 0 Å². The SMILES string of the molecule is CNCCN(C)C(C)CCN(C)C(C)=O. The first-order chi connectivity index (χ1) is 6.99.